The molecule has 2 N–H and O–H groups in total. The van der Waals surface area contributed by atoms with Crippen LogP contribution < -0.4 is 10.6 Å². The maximum Gasteiger partial charge on any atom is 0.319 e. The van der Waals surface area contributed by atoms with Crippen molar-refractivity contribution in [3.05, 3.63) is 59.9 Å². The summed E-state index contributed by atoms with van der Waals surface area (Å²) >= 11 is 0. The van der Waals surface area contributed by atoms with E-state index in [4.69, 9.17) is 0 Å². The largest absolute Gasteiger partial charge is 0.335 e. The average molecular weight is 434 g/mol. The first-order chi connectivity index (χ1) is 14.3. The van der Waals surface area contributed by atoms with Crippen LogP contribution in [0.1, 0.15) is 44.6 Å². The van der Waals surface area contributed by atoms with Gasteiger partial charge in [-0.05, 0) is 67.1 Å². The number of rotatable bonds is 6. The second kappa shape index (κ2) is 9.57. The van der Waals surface area contributed by atoms with E-state index >= 15 is 0 Å². The van der Waals surface area contributed by atoms with Gasteiger partial charge in [-0.1, -0.05) is 26.0 Å². The Balaban J connectivity index is 1.54. The van der Waals surface area contributed by atoms with Gasteiger partial charge >= 0.3 is 6.03 Å². The minimum absolute atomic E-state index is 0.121. The van der Waals surface area contributed by atoms with Crippen LogP contribution in [0.5, 0.6) is 0 Å². The summed E-state index contributed by atoms with van der Waals surface area (Å²) in [5.41, 5.74) is 1.63. The van der Waals surface area contributed by atoms with Crippen molar-refractivity contribution < 1.29 is 17.6 Å². The molecule has 1 fully saturated rings. The third-order valence-electron chi connectivity index (χ3n) is 5.59. The van der Waals surface area contributed by atoms with Gasteiger partial charge in [-0.15, -0.1) is 0 Å². The molecule has 1 aliphatic heterocycles. The Kier molecular flexibility index (Phi) is 7.10. The normalized spacial score (nSPS) is 16.8. The molecule has 0 bridgehead atoms. The van der Waals surface area contributed by atoms with Gasteiger partial charge in [0, 0.05) is 24.8 Å². The van der Waals surface area contributed by atoms with Crippen LogP contribution in [0.2, 0.25) is 0 Å². The molecule has 1 unspecified atom stereocenters. The van der Waals surface area contributed by atoms with E-state index in [1.807, 2.05) is 12.1 Å². The van der Waals surface area contributed by atoms with Crippen LogP contribution in [0.25, 0.3) is 0 Å². The van der Waals surface area contributed by atoms with Crippen molar-refractivity contribution in [1.82, 2.24) is 9.62 Å². The molecule has 0 aromatic heterocycles. The van der Waals surface area contributed by atoms with Gasteiger partial charge in [-0.3, -0.25) is 0 Å². The lowest BCUT2D eigenvalue weighted by Crippen LogP contribution is -2.47. The van der Waals surface area contributed by atoms with Crippen LogP contribution in [-0.4, -0.2) is 37.9 Å². The summed E-state index contributed by atoms with van der Waals surface area (Å²) in [6.45, 7) is 4.91. The number of sulfonamides is 1. The third-order valence-corrected chi connectivity index (χ3v) is 7.50. The van der Waals surface area contributed by atoms with Crippen molar-refractivity contribution in [3.8, 4) is 0 Å². The second-order valence-electron chi connectivity index (χ2n) is 7.66. The van der Waals surface area contributed by atoms with E-state index in [1.54, 1.807) is 12.1 Å². The fourth-order valence-electron chi connectivity index (χ4n) is 3.48. The van der Waals surface area contributed by atoms with Gasteiger partial charge in [0.05, 0.1) is 4.90 Å². The number of piperidine rings is 1. The molecule has 1 heterocycles. The minimum Gasteiger partial charge on any atom is -0.335 e. The highest BCUT2D eigenvalue weighted by molar-refractivity contribution is 7.89. The molecule has 0 spiro atoms. The number of nitrogens with one attached hydrogen (secondary N) is 2. The zero-order valence-corrected chi connectivity index (χ0v) is 18.1. The van der Waals surface area contributed by atoms with E-state index < -0.39 is 10.0 Å². The molecule has 3 rings (SSSR count). The smallest absolute Gasteiger partial charge is 0.319 e. The van der Waals surface area contributed by atoms with Crippen LogP contribution in [0, 0.1) is 5.82 Å². The highest BCUT2D eigenvalue weighted by Gasteiger charge is 2.30. The Morgan fingerprint density at radius 2 is 1.70 bits per heavy atom. The van der Waals surface area contributed by atoms with Crippen LogP contribution in [0.3, 0.4) is 0 Å². The van der Waals surface area contributed by atoms with Crippen LogP contribution in [-0.2, 0) is 10.0 Å². The summed E-state index contributed by atoms with van der Waals surface area (Å²) in [7, 11) is -3.55. The minimum atomic E-state index is -3.55. The molecular formula is C22H28FN3O3S. The maximum absolute atomic E-state index is 12.9. The van der Waals surface area contributed by atoms with Gasteiger partial charge in [-0.25, -0.2) is 17.6 Å². The molecule has 1 saturated heterocycles. The third kappa shape index (κ3) is 5.37. The highest BCUT2D eigenvalue weighted by Crippen LogP contribution is 2.24. The monoisotopic (exact) mass is 433 g/mol. The number of amides is 2. The van der Waals surface area contributed by atoms with Crippen molar-refractivity contribution in [2.75, 3.05) is 18.4 Å². The topological polar surface area (TPSA) is 78.5 Å². The number of hydrogen-bond acceptors (Lipinski definition) is 3. The van der Waals surface area contributed by atoms with Crippen molar-refractivity contribution in [1.29, 1.82) is 0 Å². The number of carbonyl (C=O) groups excluding carboxylic acids is 1. The molecule has 1 atom stereocenters. The molecule has 2 aromatic rings. The summed E-state index contributed by atoms with van der Waals surface area (Å²) in [6.07, 6.45) is 2.06. The molecular weight excluding hydrogens is 405 g/mol. The summed E-state index contributed by atoms with van der Waals surface area (Å²) < 4.78 is 40.3. The number of hydrogen-bond donors (Lipinski definition) is 2. The molecule has 162 valence electrons. The summed E-state index contributed by atoms with van der Waals surface area (Å²) in [5, 5.41) is 5.51. The number of carbonyl (C=O) groups is 1. The average Bonchev–Trinajstić information content (AvgIpc) is 2.75. The van der Waals surface area contributed by atoms with Gasteiger partial charge in [0.1, 0.15) is 5.82 Å². The van der Waals surface area contributed by atoms with E-state index in [0.717, 1.165) is 12.0 Å². The first-order valence-corrected chi connectivity index (χ1v) is 11.7. The Morgan fingerprint density at radius 3 is 2.27 bits per heavy atom. The van der Waals surface area contributed by atoms with Gasteiger partial charge < -0.3 is 10.6 Å². The molecule has 2 aromatic carbocycles. The number of halogens is 1. The van der Waals surface area contributed by atoms with Crippen LogP contribution >= 0.6 is 0 Å². The lowest BCUT2D eigenvalue weighted by molar-refractivity contribution is 0.238. The van der Waals surface area contributed by atoms with Crippen LogP contribution in [0.15, 0.2) is 53.4 Å². The Bertz CT molecular complexity index is 954. The number of urea groups is 1. The maximum atomic E-state index is 12.9. The van der Waals surface area contributed by atoms with Crippen molar-refractivity contribution >= 4 is 21.7 Å². The lowest BCUT2D eigenvalue weighted by Gasteiger charge is -2.31. The Labute approximate surface area is 177 Å². The van der Waals surface area contributed by atoms with Crippen molar-refractivity contribution in [2.45, 2.75) is 50.0 Å². The quantitative estimate of drug-likeness (QED) is 0.712. The molecule has 0 radical (unpaired) electrons. The second-order valence-corrected chi connectivity index (χ2v) is 9.60. The SMILES string of the molecule is CCC(C)c1ccc(S(=O)(=O)N2CCC(NC(=O)Nc3ccc(F)cc3)CC2)cc1. The van der Waals surface area contributed by atoms with Gasteiger partial charge in [0.2, 0.25) is 10.0 Å². The van der Waals surface area contributed by atoms with Crippen LogP contribution in [0.4, 0.5) is 14.9 Å². The zero-order valence-electron chi connectivity index (χ0n) is 17.3. The summed E-state index contributed by atoms with van der Waals surface area (Å²) in [6, 6.07) is 12.1. The van der Waals surface area contributed by atoms with E-state index in [0.29, 0.717) is 42.4 Å². The van der Waals surface area contributed by atoms with Gasteiger partial charge in [-0.2, -0.15) is 4.31 Å². The van der Waals surface area contributed by atoms with E-state index in [9.17, 15) is 17.6 Å². The zero-order chi connectivity index (χ0) is 21.7. The number of nitrogens with zero attached hydrogens (tertiary/aromatic N) is 1. The number of anilines is 1. The number of benzene rings is 2. The first-order valence-electron chi connectivity index (χ1n) is 10.2. The fraction of sp³-hybridized carbons (Fsp3) is 0.409. The summed E-state index contributed by atoms with van der Waals surface area (Å²) in [5.74, 6) is 0.0219. The molecule has 2 amide bonds. The van der Waals surface area contributed by atoms with Crippen molar-refractivity contribution in [2.24, 2.45) is 0 Å². The van der Waals surface area contributed by atoms with E-state index in [-0.39, 0.29) is 17.9 Å². The molecule has 0 saturated carbocycles. The Hall–Kier alpha value is -2.45. The Morgan fingerprint density at radius 1 is 1.10 bits per heavy atom. The first kappa shape index (κ1) is 22.2. The van der Waals surface area contributed by atoms with Gasteiger partial charge in [0.15, 0.2) is 0 Å². The molecule has 0 aliphatic carbocycles. The van der Waals surface area contributed by atoms with Crippen molar-refractivity contribution in [3.63, 3.8) is 0 Å². The lowest BCUT2D eigenvalue weighted by atomic mass is 9.99. The molecule has 30 heavy (non-hydrogen) atoms. The standard InChI is InChI=1S/C22H28FN3O3S/c1-3-16(2)17-4-10-21(11-5-17)30(28,29)26-14-12-20(13-15-26)25-22(27)24-19-8-6-18(23)7-9-19/h4-11,16,20H,3,12-15H2,1-2H3,(H2,24,25,27). The van der Waals surface area contributed by atoms with E-state index in [1.165, 1.54) is 28.6 Å². The fourth-order valence-corrected chi connectivity index (χ4v) is 4.95. The molecule has 8 heteroatoms. The predicted octanol–water partition coefficient (Wildman–Crippen LogP) is 4.31. The van der Waals surface area contributed by atoms with Gasteiger partial charge in [0.25, 0.3) is 0 Å². The summed E-state index contributed by atoms with van der Waals surface area (Å²) in [4.78, 5) is 12.4. The molecule has 6 nitrogen and oxygen atoms in total. The van der Waals surface area contributed by atoms with E-state index in [2.05, 4.69) is 24.5 Å². The highest BCUT2D eigenvalue weighted by atomic mass is 32.2. The predicted molar refractivity (Wildman–Crippen MR) is 115 cm³/mol. The molecule has 1 aliphatic rings.